The Labute approximate surface area is 104 Å². The van der Waals surface area contributed by atoms with E-state index >= 15 is 0 Å². The van der Waals surface area contributed by atoms with Gasteiger partial charge in [0.2, 0.25) is 0 Å². The second-order valence-corrected chi connectivity index (χ2v) is 5.14. The van der Waals surface area contributed by atoms with Crippen LogP contribution in [0.2, 0.25) is 5.02 Å². The molecule has 4 heteroatoms. The van der Waals surface area contributed by atoms with Crippen LogP contribution >= 0.6 is 22.9 Å². The highest BCUT2D eigenvalue weighted by molar-refractivity contribution is 7.10. The summed E-state index contributed by atoms with van der Waals surface area (Å²) < 4.78 is 0. The lowest BCUT2D eigenvalue weighted by molar-refractivity contribution is 0.734. The molecule has 0 radical (unpaired) electrons. The van der Waals surface area contributed by atoms with E-state index in [1.165, 1.54) is 0 Å². The zero-order valence-corrected chi connectivity index (χ0v) is 10.6. The molecule has 0 saturated carbocycles. The van der Waals surface area contributed by atoms with Gasteiger partial charge in [-0.3, -0.25) is 0 Å². The Balaban J connectivity index is 2.28. The van der Waals surface area contributed by atoms with Gasteiger partial charge < -0.3 is 5.73 Å². The zero-order chi connectivity index (χ0) is 11.5. The fourth-order valence-corrected chi connectivity index (χ4v) is 2.64. The molecule has 1 atom stereocenters. The van der Waals surface area contributed by atoms with Crippen molar-refractivity contribution in [2.75, 3.05) is 0 Å². The summed E-state index contributed by atoms with van der Waals surface area (Å²) in [5.41, 5.74) is 7.66. The second-order valence-electron chi connectivity index (χ2n) is 3.79. The number of nitrogens with two attached hydrogens (primary N) is 1. The SMILES string of the molecule is CC(N)Cc1nc(-c2ccccc2Cl)cs1. The molecule has 1 heterocycles. The second kappa shape index (κ2) is 4.95. The van der Waals surface area contributed by atoms with Gasteiger partial charge in [-0.1, -0.05) is 29.8 Å². The van der Waals surface area contributed by atoms with Gasteiger partial charge in [-0.25, -0.2) is 4.98 Å². The topological polar surface area (TPSA) is 38.9 Å². The Hall–Kier alpha value is -0.900. The summed E-state index contributed by atoms with van der Waals surface area (Å²) in [6, 6.07) is 7.88. The summed E-state index contributed by atoms with van der Waals surface area (Å²) in [6.07, 6.45) is 0.815. The van der Waals surface area contributed by atoms with Crippen LogP contribution in [0.4, 0.5) is 0 Å². The average Bonchev–Trinajstić information content (AvgIpc) is 2.66. The van der Waals surface area contributed by atoms with E-state index < -0.39 is 0 Å². The molecule has 0 saturated heterocycles. The molecule has 16 heavy (non-hydrogen) atoms. The smallest absolute Gasteiger partial charge is 0.0947 e. The summed E-state index contributed by atoms with van der Waals surface area (Å²) in [4.78, 5) is 4.54. The van der Waals surface area contributed by atoms with E-state index in [1.54, 1.807) is 11.3 Å². The van der Waals surface area contributed by atoms with E-state index in [1.807, 2.05) is 36.6 Å². The fraction of sp³-hybridized carbons (Fsp3) is 0.250. The standard InChI is InChI=1S/C12H13ClN2S/c1-8(14)6-12-15-11(7-16-12)9-4-2-3-5-10(9)13/h2-5,7-8H,6,14H2,1H3. The largest absolute Gasteiger partial charge is 0.328 e. The van der Waals surface area contributed by atoms with Crippen molar-refractivity contribution in [3.63, 3.8) is 0 Å². The van der Waals surface area contributed by atoms with Crippen LogP contribution in [0.5, 0.6) is 0 Å². The molecule has 0 aliphatic rings. The first-order valence-corrected chi connectivity index (χ1v) is 6.37. The molecule has 0 fully saturated rings. The Morgan fingerprint density at radius 3 is 2.88 bits per heavy atom. The minimum Gasteiger partial charge on any atom is -0.328 e. The maximum atomic E-state index is 6.11. The molecular weight excluding hydrogens is 240 g/mol. The van der Waals surface area contributed by atoms with E-state index in [0.29, 0.717) is 0 Å². The van der Waals surface area contributed by atoms with Gasteiger partial charge >= 0.3 is 0 Å². The summed E-state index contributed by atoms with van der Waals surface area (Å²) in [7, 11) is 0. The number of rotatable bonds is 3. The van der Waals surface area contributed by atoms with Gasteiger partial charge in [-0.2, -0.15) is 0 Å². The van der Waals surface area contributed by atoms with Crippen molar-refractivity contribution in [1.82, 2.24) is 4.98 Å². The van der Waals surface area contributed by atoms with Gasteiger partial charge in [0, 0.05) is 28.4 Å². The summed E-state index contributed by atoms with van der Waals surface area (Å²) in [5, 5.41) is 3.82. The Bertz CT molecular complexity index is 479. The van der Waals surface area contributed by atoms with Crippen LogP contribution in [0.15, 0.2) is 29.6 Å². The van der Waals surface area contributed by atoms with Gasteiger partial charge in [-0.05, 0) is 13.0 Å². The van der Waals surface area contributed by atoms with Gasteiger partial charge in [0.1, 0.15) is 0 Å². The third-order valence-corrected chi connectivity index (χ3v) is 3.40. The molecule has 0 aliphatic heterocycles. The molecule has 1 aromatic heterocycles. The average molecular weight is 253 g/mol. The van der Waals surface area contributed by atoms with E-state index in [0.717, 1.165) is 27.7 Å². The third kappa shape index (κ3) is 2.61. The van der Waals surface area contributed by atoms with Crippen molar-refractivity contribution in [3.05, 3.63) is 39.7 Å². The maximum absolute atomic E-state index is 6.11. The van der Waals surface area contributed by atoms with Gasteiger partial charge in [-0.15, -0.1) is 11.3 Å². The fourth-order valence-electron chi connectivity index (χ4n) is 1.47. The first-order valence-electron chi connectivity index (χ1n) is 5.11. The van der Waals surface area contributed by atoms with Crippen LogP contribution in [0.1, 0.15) is 11.9 Å². The molecule has 0 bridgehead atoms. The molecule has 0 amide bonds. The summed E-state index contributed by atoms with van der Waals surface area (Å²) in [6.45, 7) is 1.98. The minimum atomic E-state index is 0.144. The van der Waals surface area contributed by atoms with Crippen molar-refractivity contribution in [1.29, 1.82) is 0 Å². The maximum Gasteiger partial charge on any atom is 0.0947 e. The summed E-state index contributed by atoms with van der Waals surface area (Å²) >= 11 is 7.75. The normalized spacial score (nSPS) is 12.7. The Morgan fingerprint density at radius 1 is 1.44 bits per heavy atom. The van der Waals surface area contributed by atoms with Crippen LogP contribution in [-0.2, 0) is 6.42 Å². The number of thiazole rings is 1. The molecule has 2 nitrogen and oxygen atoms in total. The van der Waals surface area contributed by atoms with E-state index in [9.17, 15) is 0 Å². The first-order chi connectivity index (χ1) is 7.66. The number of nitrogens with zero attached hydrogens (tertiary/aromatic N) is 1. The predicted octanol–water partition coefficient (Wildman–Crippen LogP) is 3.35. The molecule has 1 unspecified atom stereocenters. The van der Waals surface area contributed by atoms with E-state index in [4.69, 9.17) is 17.3 Å². The molecule has 2 aromatic rings. The lowest BCUT2D eigenvalue weighted by Gasteiger charge is -2.00. The van der Waals surface area contributed by atoms with Crippen molar-refractivity contribution < 1.29 is 0 Å². The Kier molecular flexibility index (Phi) is 3.59. The van der Waals surface area contributed by atoms with Crippen LogP contribution < -0.4 is 5.73 Å². The molecule has 84 valence electrons. The number of hydrogen-bond acceptors (Lipinski definition) is 3. The molecule has 2 rings (SSSR count). The minimum absolute atomic E-state index is 0.144. The number of hydrogen-bond donors (Lipinski definition) is 1. The number of benzene rings is 1. The molecule has 1 aromatic carbocycles. The lowest BCUT2D eigenvalue weighted by atomic mass is 10.2. The molecule has 0 aliphatic carbocycles. The van der Waals surface area contributed by atoms with Crippen molar-refractivity contribution in [2.24, 2.45) is 5.73 Å². The lowest BCUT2D eigenvalue weighted by Crippen LogP contribution is -2.17. The highest BCUT2D eigenvalue weighted by atomic mass is 35.5. The molecule has 2 N–H and O–H groups in total. The van der Waals surface area contributed by atoms with Crippen LogP contribution in [0.3, 0.4) is 0 Å². The predicted molar refractivity (Wildman–Crippen MR) is 69.9 cm³/mol. The monoisotopic (exact) mass is 252 g/mol. The van der Waals surface area contributed by atoms with Gasteiger partial charge in [0.25, 0.3) is 0 Å². The van der Waals surface area contributed by atoms with Crippen LogP contribution in [-0.4, -0.2) is 11.0 Å². The van der Waals surface area contributed by atoms with Gasteiger partial charge in [0.15, 0.2) is 0 Å². The first kappa shape index (κ1) is 11.6. The van der Waals surface area contributed by atoms with Crippen LogP contribution in [0, 0.1) is 0 Å². The van der Waals surface area contributed by atoms with E-state index in [-0.39, 0.29) is 6.04 Å². The van der Waals surface area contributed by atoms with Crippen LogP contribution in [0.25, 0.3) is 11.3 Å². The quantitative estimate of drug-likeness (QED) is 0.910. The number of aromatic nitrogens is 1. The highest BCUT2D eigenvalue weighted by Crippen LogP contribution is 2.28. The molecular formula is C12H13ClN2S. The van der Waals surface area contributed by atoms with Crippen molar-refractivity contribution in [2.45, 2.75) is 19.4 Å². The van der Waals surface area contributed by atoms with Gasteiger partial charge in [0.05, 0.1) is 10.7 Å². The third-order valence-electron chi connectivity index (χ3n) is 2.20. The van der Waals surface area contributed by atoms with Crippen molar-refractivity contribution >= 4 is 22.9 Å². The Morgan fingerprint density at radius 2 is 2.19 bits per heavy atom. The number of halogens is 1. The molecule has 0 spiro atoms. The van der Waals surface area contributed by atoms with E-state index in [2.05, 4.69) is 4.98 Å². The highest BCUT2D eigenvalue weighted by Gasteiger charge is 2.08. The summed E-state index contributed by atoms with van der Waals surface area (Å²) in [5.74, 6) is 0. The zero-order valence-electron chi connectivity index (χ0n) is 8.98. The van der Waals surface area contributed by atoms with Crippen molar-refractivity contribution in [3.8, 4) is 11.3 Å².